The van der Waals surface area contributed by atoms with Gasteiger partial charge in [0.1, 0.15) is 0 Å². The molecule has 1 saturated heterocycles. The molecular formula is C9H15NOS2. The first-order valence-electron chi connectivity index (χ1n) is 4.23. The Morgan fingerprint density at radius 1 is 1.54 bits per heavy atom. The van der Waals surface area contributed by atoms with E-state index in [1.807, 2.05) is 19.6 Å². The predicted molar refractivity (Wildman–Crippen MR) is 60.9 cm³/mol. The molecule has 0 aliphatic carbocycles. The summed E-state index contributed by atoms with van der Waals surface area (Å²) in [6, 6.07) is 0. The van der Waals surface area contributed by atoms with Crippen molar-refractivity contribution < 1.29 is 4.79 Å². The van der Waals surface area contributed by atoms with Crippen LogP contribution in [0.25, 0.3) is 0 Å². The third-order valence-corrected chi connectivity index (χ3v) is 4.29. The number of thioether (sulfide) groups is 2. The van der Waals surface area contributed by atoms with Crippen molar-refractivity contribution in [2.75, 3.05) is 26.1 Å². The minimum atomic E-state index is 0.125. The van der Waals surface area contributed by atoms with Crippen molar-refractivity contribution in [3.05, 3.63) is 10.3 Å². The second kappa shape index (κ2) is 4.96. The molecule has 0 radical (unpaired) electrons. The number of nitrogens with zero attached hydrogens (tertiary/aromatic N) is 1. The van der Waals surface area contributed by atoms with E-state index in [-0.39, 0.29) is 11.8 Å². The molecule has 1 aliphatic rings. The van der Waals surface area contributed by atoms with E-state index < -0.39 is 0 Å². The zero-order valence-corrected chi connectivity index (χ0v) is 9.87. The van der Waals surface area contributed by atoms with E-state index in [2.05, 4.69) is 6.08 Å². The summed E-state index contributed by atoms with van der Waals surface area (Å²) in [4.78, 5) is 13.3. The molecular weight excluding hydrogens is 202 g/mol. The van der Waals surface area contributed by atoms with Gasteiger partial charge < -0.3 is 4.90 Å². The molecule has 1 rings (SSSR count). The van der Waals surface area contributed by atoms with Crippen LogP contribution in [0.2, 0.25) is 0 Å². The van der Waals surface area contributed by atoms with Gasteiger partial charge >= 0.3 is 0 Å². The van der Waals surface area contributed by atoms with Crippen LogP contribution in [0.3, 0.4) is 0 Å². The van der Waals surface area contributed by atoms with Gasteiger partial charge in [-0.1, -0.05) is 6.08 Å². The lowest BCUT2D eigenvalue weighted by atomic mass is 10.1. The Hall–Kier alpha value is -0.0900. The van der Waals surface area contributed by atoms with Gasteiger partial charge in [-0.2, -0.15) is 0 Å². The lowest BCUT2D eigenvalue weighted by molar-refractivity contribution is -0.128. The first-order chi connectivity index (χ1) is 6.19. The highest BCUT2D eigenvalue weighted by Crippen LogP contribution is 2.28. The minimum absolute atomic E-state index is 0.125. The number of carbonyl (C=O) groups is 1. The zero-order chi connectivity index (χ0) is 9.84. The molecule has 1 unspecified atom stereocenters. The molecule has 1 aliphatic heterocycles. The van der Waals surface area contributed by atoms with Crippen molar-refractivity contribution in [3.63, 3.8) is 0 Å². The fourth-order valence-electron chi connectivity index (χ4n) is 1.39. The summed E-state index contributed by atoms with van der Waals surface area (Å²) < 4.78 is 1.24. The summed E-state index contributed by atoms with van der Waals surface area (Å²) in [6.07, 6.45) is 7.16. The van der Waals surface area contributed by atoms with Crippen molar-refractivity contribution in [1.29, 1.82) is 0 Å². The first-order valence-corrected chi connectivity index (χ1v) is 6.68. The van der Waals surface area contributed by atoms with Crippen LogP contribution in [-0.4, -0.2) is 36.9 Å². The molecule has 0 bridgehead atoms. The lowest BCUT2D eigenvalue weighted by Crippen LogP contribution is -2.21. The van der Waals surface area contributed by atoms with Crippen LogP contribution in [0.15, 0.2) is 10.3 Å². The van der Waals surface area contributed by atoms with Gasteiger partial charge in [-0.15, -0.1) is 23.5 Å². The Bertz CT molecular complexity index is 222. The Morgan fingerprint density at radius 2 is 2.15 bits per heavy atom. The quantitative estimate of drug-likeness (QED) is 0.721. The van der Waals surface area contributed by atoms with E-state index >= 15 is 0 Å². The Labute approximate surface area is 88.1 Å². The molecule has 0 N–H and O–H groups in total. The SMILES string of the molecule is CSC(=CC1CCN(C)C1=O)SC. The molecule has 0 aromatic rings. The van der Waals surface area contributed by atoms with Gasteiger partial charge in [-0.3, -0.25) is 4.79 Å². The van der Waals surface area contributed by atoms with Crippen molar-refractivity contribution in [2.24, 2.45) is 5.92 Å². The van der Waals surface area contributed by atoms with Gasteiger partial charge in [0, 0.05) is 17.8 Å². The van der Waals surface area contributed by atoms with Gasteiger partial charge in [-0.05, 0) is 18.9 Å². The van der Waals surface area contributed by atoms with E-state index in [9.17, 15) is 4.79 Å². The Balaban J connectivity index is 2.63. The van der Waals surface area contributed by atoms with Gasteiger partial charge in [0.2, 0.25) is 5.91 Å². The van der Waals surface area contributed by atoms with Crippen LogP contribution in [0, 0.1) is 5.92 Å². The maximum absolute atomic E-state index is 11.5. The van der Waals surface area contributed by atoms with Crippen molar-refractivity contribution in [3.8, 4) is 0 Å². The summed E-state index contributed by atoms with van der Waals surface area (Å²) in [5, 5.41) is 0. The number of amides is 1. The molecule has 0 aromatic heterocycles. The van der Waals surface area contributed by atoms with E-state index in [1.54, 1.807) is 28.4 Å². The molecule has 1 amide bonds. The molecule has 74 valence electrons. The molecule has 1 fully saturated rings. The molecule has 0 spiro atoms. The third kappa shape index (κ3) is 2.68. The monoisotopic (exact) mass is 217 g/mol. The van der Waals surface area contributed by atoms with Crippen LogP contribution in [0.1, 0.15) is 6.42 Å². The molecule has 1 heterocycles. The molecule has 0 aromatic carbocycles. The molecule has 1 atom stereocenters. The highest BCUT2D eigenvalue weighted by Gasteiger charge is 2.27. The summed E-state index contributed by atoms with van der Waals surface area (Å²) in [6.45, 7) is 0.899. The third-order valence-electron chi connectivity index (χ3n) is 2.21. The predicted octanol–water partition coefficient (Wildman–Crippen LogP) is 2.03. The maximum Gasteiger partial charge on any atom is 0.229 e. The van der Waals surface area contributed by atoms with Crippen molar-refractivity contribution in [2.45, 2.75) is 6.42 Å². The molecule has 13 heavy (non-hydrogen) atoms. The summed E-state index contributed by atoms with van der Waals surface area (Å²) >= 11 is 3.43. The molecule has 0 saturated carbocycles. The average Bonchev–Trinajstić information content (AvgIpc) is 2.45. The fraction of sp³-hybridized carbons (Fsp3) is 0.667. The Kier molecular flexibility index (Phi) is 4.19. The lowest BCUT2D eigenvalue weighted by Gasteiger charge is -2.07. The summed E-state index contributed by atoms with van der Waals surface area (Å²) in [5.41, 5.74) is 0. The van der Waals surface area contributed by atoms with E-state index in [4.69, 9.17) is 0 Å². The molecule has 2 nitrogen and oxygen atoms in total. The van der Waals surface area contributed by atoms with Crippen molar-refractivity contribution >= 4 is 29.4 Å². The standard InChI is InChI=1S/C9H15NOS2/c1-10-5-4-7(9(10)11)6-8(12-2)13-3/h6-7H,4-5H2,1-3H3. The number of rotatable bonds is 3. The first kappa shape index (κ1) is 11.0. The topological polar surface area (TPSA) is 20.3 Å². The largest absolute Gasteiger partial charge is 0.345 e. The number of hydrogen-bond donors (Lipinski definition) is 0. The van der Waals surface area contributed by atoms with E-state index in [1.165, 1.54) is 4.24 Å². The molecule has 4 heteroatoms. The average molecular weight is 217 g/mol. The highest BCUT2D eigenvalue weighted by molar-refractivity contribution is 8.21. The fourth-order valence-corrected chi connectivity index (χ4v) is 2.66. The second-order valence-corrected chi connectivity index (χ2v) is 5.00. The van der Waals surface area contributed by atoms with Gasteiger partial charge in [0.15, 0.2) is 0 Å². The van der Waals surface area contributed by atoms with Gasteiger partial charge in [0.25, 0.3) is 0 Å². The maximum atomic E-state index is 11.5. The normalized spacial score (nSPS) is 22.2. The van der Waals surface area contributed by atoms with Crippen LogP contribution < -0.4 is 0 Å². The van der Waals surface area contributed by atoms with E-state index in [0.29, 0.717) is 0 Å². The van der Waals surface area contributed by atoms with Gasteiger partial charge in [-0.25, -0.2) is 0 Å². The van der Waals surface area contributed by atoms with Crippen molar-refractivity contribution in [1.82, 2.24) is 4.90 Å². The van der Waals surface area contributed by atoms with Crippen LogP contribution >= 0.6 is 23.5 Å². The smallest absolute Gasteiger partial charge is 0.229 e. The zero-order valence-electron chi connectivity index (χ0n) is 8.24. The Morgan fingerprint density at radius 3 is 2.54 bits per heavy atom. The number of hydrogen-bond acceptors (Lipinski definition) is 3. The summed E-state index contributed by atoms with van der Waals surface area (Å²) in [7, 11) is 1.87. The van der Waals surface area contributed by atoms with Crippen LogP contribution in [0.5, 0.6) is 0 Å². The van der Waals surface area contributed by atoms with Gasteiger partial charge in [0.05, 0.1) is 5.92 Å². The number of likely N-dealkylation sites (tertiary alicyclic amines) is 1. The van der Waals surface area contributed by atoms with E-state index in [0.717, 1.165) is 13.0 Å². The minimum Gasteiger partial charge on any atom is -0.345 e. The van der Waals surface area contributed by atoms with Crippen LogP contribution in [-0.2, 0) is 4.79 Å². The summed E-state index contributed by atoms with van der Waals surface area (Å²) in [5.74, 6) is 0.389. The number of carbonyl (C=O) groups excluding carboxylic acids is 1. The highest BCUT2D eigenvalue weighted by atomic mass is 32.2. The van der Waals surface area contributed by atoms with Crippen LogP contribution in [0.4, 0.5) is 0 Å². The second-order valence-electron chi connectivity index (χ2n) is 3.05.